The smallest absolute Gasteiger partial charge is 0.349 e. The monoisotopic (exact) mass is 506 g/mol. The van der Waals surface area contributed by atoms with E-state index in [1.807, 2.05) is 12.1 Å². The van der Waals surface area contributed by atoms with E-state index in [0.717, 1.165) is 11.3 Å². The van der Waals surface area contributed by atoms with Crippen LogP contribution in [0.1, 0.15) is 63.6 Å². The second kappa shape index (κ2) is 9.94. The van der Waals surface area contributed by atoms with Gasteiger partial charge in [-0.2, -0.15) is 0 Å². The molecule has 0 saturated carbocycles. The van der Waals surface area contributed by atoms with Crippen LogP contribution in [0.3, 0.4) is 0 Å². The lowest BCUT2D eigenvalue weighted by atomic mass is 10.1. The van der Waals surface area contributed by atoms with Gasteiger partial charge in [0, 0.05) is 5.39 Å². The number of anilines is 1. The Morgan fingerprint density at radius 1 is 1.08 bits per heavy atom. The van der Waals surface area contributed by atoms with E-state index in [1.165, 1.54) is 6.26 Å². The van der Waals surface area contributed by atoms with Gasteiger partial charge in [-0.25, -0.2) is 14.6 Å². The summed E-state index contributed by atoms with van der Waals surface area (Å²) in [6.45, 7) is 8.74. The number of para-hydroxylation sites is 1. The quantitative estimate of drug-likeness (QED) is 0.308. The molecule has 3 aromatic heterocycles. The van der Waals surface area contributed by atoms with Crippen LogP contribution in [0.2, 0.25) is 0 Å². The van der Waals surface area contributed by atoms with Crippen molar-refractivity contribution >= 4 is 45.1 Å². The van der Waals surface area contributed by atoms with Gasteiger partial charge >= 0.3 is 11.9 Å². The van der Waals surface area contributed by atoms with Crippen LogP contribution in [-0.2, 0) is 9.47 Å². The van der Waals surface area contributed by atoms with Crippen molar-refractivity contribution in [3.05, 3.63) is 70.3 Å². The van der Waals surface area contributed by atoms with Crippen LogP contribution < -0.4 is 5.32 Å². The van der Waals surface area contributed by atoms with Crippen molar-refractivity contribution in [2.45, 2.75) is 40.2 Å². The van der Waals surface area contributed by atoms with Crippen molar-refractivity contribution in [3.63, 3.8) is 0 Å². The second-order valence-corrected chi connectivity index (χ2v) is 10.0. The molecule has 0 atom stereocenters. The van der Waals surface area contributed by atoms with Gasteiger partial charge in [0.25, 0.3) is 5.91 Å². The highest BCUT2D eigenvalue weighted by Gasteiger charge is 2.30. The van der Waals surface area contributed by atoms with Crippen molar-refractivity contribution in [1.29, 1.82) is 0 Å². The molecule has 0 unspecified atom stereocenters. The molecule has 1 N–H and O–H groups in total. The van der Waals surface area contributed by atoms with Crippen LogP contribution in [0.25, 0.3) is 22.4 Å². The zero-order valence-corrected chi connectivity index (χ0v) is 21.4. The number of fused-ring (bicyclic) bond motifs is 1. The third kappa shape index (κ3) is 5.16. The molecule has 1 amide bonds. The molecule has 8 nitrogen and oxygen atoms in total. The standard InChI is InChI=1S/C27H26N2O6S/c1-6-33-25(31)21-15(2)22(26(32)35-27(3,4)5)36-24(21)29-23(30)17-14-19(20-12-9-13-34-20)28-18-11-8-7-10-16(17)18/h7-14H,6H2,1-5H3,(H,29,30). The molecule has 4 rings (SSSR count). The molecule has 0 bridgehead atoms. The lowest BCUT2D eigenvalue weighted by Gasteiger charge is -2.19. The number of nitrogens with zero attached hydrogens (tertiary/aromatic N) is 1. The Kier molecular flexibility index (Phi) is 6.94. The van der Waals surface area contributed by atoms with Gasteiger partial charge in [0.2, 0.25) is 0 Å². The fourth-order valence-electron chi connectivity index (χ4n) is 3.65. The number of aromatic nitrogens is 1. The van der Waals surface area contributed by atoms with Crippen LogP contribution >= 0.6 is 11.3 Å². The molecule has 0 radical (unpaired) electrons. The lowest BCUT2D eigenvalue weighted by Crippen LogP contribution is -2.23. The molecule has 0 saturated heterocycles. The summed E-state index contributed by atoms with van der Waals surface area (Å²) in [4.78, 5) is 44.0. The number of rotatable bonds is 6. The summed E-state index contributed by atoms with van der Waals surface area (Å²) in [6.07, 6.45) is 1.53. The predicted molar refractivity (Wildman–Crippen MR) is 138 cm³/mol. The minimum atomic E-state index is -0.723. The number of thiophene rings is 1. The maximum Gasteiger partial charge on any atom is 0.349 e. The van der Waals surface area contributed by atoms with E-state index in [2.05, 4.69) is 10.3 Å². The average molecular weight is 507 g/mol. The second-order valence-electron chi connectivity index (χ2n) is 8.99. The van der Waals surface area contributed by atoms with Gasteiger partial charge in [-0.15, -0.1) is 11.3 Å². The van der Waals surface area contributed by atoms with Gasteiger partial charge in [0.15, 0.2) is 5.76 Å². The first-order chi connectivity index (χ1) is 17.1. The van der Waals surface area contributed by atoms with Crippen LogP contribution in [0.15, 0.2) is 53.1 Å². The molecular formula is C27H26N2O6S. The van der Waals surface area contributed by atoms with E-state index >= 15 is 0 Å². The fourth-order valence-corrected chi connectivity index (χ4v) is 4.72. The normalized spacial score (nSPS) is 11.4. The highest BCUT2D eigenvalue weighted by atomic mass is 32.1. The van der Waals surface area contributed by atoms with Crippen LogP contribution in [0.4, 0.5) is 5.00 Å². The molecule has 0 spiro atoms. The number of furan rings is 1. The van der Waals surface area contributed by atoms with Gasteiger partial charge in [0.1, 0.15) is 21.2 Å². The Morgan fingerprint density at radius 3 is 2.50 bits per heavy atom. The van der Waals surface area contributed by atoms with Gasteiger partial charge < -0.3 is 19.2 Å². The minimum Gasteiger partial charge on any atom is -0.463 e. The van der Waals surface area contributed by atoms with E-state index in [4.69, 9.17) is 13.9 Å². The molecular weight excluding hydrogens is 480 g/mol. The molecule has 4 aromatic rings. The first-order valence-electron chi connectivity index (χ1n) is 11.4. The van der Waals surface area contributed by atoms with Gasteiger partial charge in [0.05, 0.1) is 29.5 Å². The largest absolute Gasteiger partial charge is 0.463 e. The Labute approximate surface area is 212 Å². The number of carbonyl (C=O) groups is 3. The Bertz CT molecular complexity index is 1450. The Balaban J connectivity index is 1.78. The number of hydrogen-bond donors (Lipinski definition) is 1. The van der Waals surface area contributed by atoms with Crippen molar-refractivity contribution in [2.24, 2.45) is 0 Å². The minimum absolute atomic E-state index is 0.126. The van der Waals surface area contributed by atoms with E-state index < -0.39 is 23.4 Å². The summed E-state index contributed by atoms with van der Waals surface area (Å²) in [6, 6.07) is 12.4. The maximum absolute atomic E-state index is 13.6. The first kappa shape index (κ1) is 25.1. The van der Waals surface area contributed by atoms with E-state index in [1.54, 1.807) is 65.0 Å². The number of nitrogens with one attached hydrogen (secondary N) is 1. The summed E-state index contributed by atoms with van der Waals surface area (Å²) < 4.78 is 16.2. The number of hydrogen-bond acceptors (Lipinski definition) is 8. The molecule has 36 heavy (non-hydrogen) atoms. The molecule has 0 aliphatic carbocycles. The zero-order chi connectivity index (χ0) is 26.0. The summed E-state index contributed by atoms with van der Waals surface area (Å²) in [5, 5.41) is 3.66. The van der Waals surface area contributed by atoms with Crippen molar-refractivity contribution in [2.75, 3.05) is 11.9 Å². The zero-order valence-electron chi connectivity index (χ0n) is 20.6. The fraction of sp³-hybridized carbons (Fsp3) is 0.259. The Hall–Kier alpha value is -3.98. The van der Waals surface area contributed by atoms with E-state index in [-0.39, 0.29) is 22.0 Å². The van der Waals surface area contributed by atoms with E-state index in [9.17, 15) is 14.4 Å². The van der Waals surface area contributed by atoms with Crippen molar-refractivity contribution in [3.8, 4) is 11.5 Å². The SMILES string of the molecule is CCOC(=O)c1c(NC(=O)c2cc(-c3ccco3)nc3ccccc23)sc(C(=O)OC(C)(C)C)c1C. The van der Waals surface area contributed by atoms with E-state index in [0.29, 0.717) is 33.5 Å². The first-order valence-corrected chi connectivity index (χ1v) is 12.2. The molecule has 186 valence electrons. The number of amides is 1. The molecule has 0 aliphatic heterocycles. The maximum atomic E-state index is 13.6. The molecule has 1 aromatic carbocycles. The molecule has 0 fully saturated rings. The van der Waals surface area contributed by atoms with Crippen molar-refractivity contribution in [1.82, 2.24) is 4.98 Å². The van der Waals surface area contributed by atoms with Gasteiger partial charge in [-0.3, -0.25) is 4.79 Å². The van der Waals surface area contributed by atoms with Crippen LogP contribution in [0.5, 0.6) is 0 Å². The number of esters is 2. The topological polar surface area (TPSA) is 108 Å². The number of pyridine rings is 1. The van der Waals surface area contributed by atoms with Crippen LogP contribution in [-0.4, -0.2) is 35.0 Å². The number of carbonyl (C=O) groups excluding carboxylic acids is 3. The van der Waals surface area contributed by atoms with Gasteiger partial charge in [-0.1, -0.05) is 18.2 Å². The van der Waals surface area contributed by atoms with Crippen molar-refractivity contribution < 1.29 is 28.3 Å². The summed E-state index contributed by atoms with van der Waals surface area (Å²) >= 11 is 0.978. The summed E-state index contributed by atoms with van der Waals surface area (Å²) in [5.74, 6) is -1.16. The van der Waals surface area contributed by atoms with Gasteiger partial charge in [-0.05, 0) is 64.4 Å². The molecule has 0 aliphatic rings. The van der Waals surface area contributed by atoms with Crippen LogP contribution in [0, 0.1) is 6.92 Å². The highest BCUT2D eigenvalue weighted by molar-refractivity contribution is 7.18. The summed E-state index contributed by atoms with van der Waals surface area (Å²) in [5.41, 5.74) is 1.23. The predicted octanol–water partition coefficient (Wildman–Crippen LogP) is 6.25. The molecule has 3 heterocycles. The summed E-state index contributed by atoms with van der Waals surface area (Å²) in [7, 11) is 0. The molecule has 9 heteroatoms. The Morgan fingerprint density at radius 2 is 1.83 bits per heavy atom. The third-order valence-corrected chi connectivity index (χ3v) is 6.36. The highest BCUT2D eigenvalue weighted by Crippen LogP contribution is 2.36. The number of ether oxygens (including phenoxy) is 2. The number of benzene rings is 1. The average Bonchev–Trinajstić information content (AvgIpc) is 3.46. The lowest BCUT2D eigenvalue weighted by molar-refractivity contribution is 0.00744. The third-order valence-electron chi connectivity index (χ3n) is 5.17.